The highest BCUT2D eigenvalue weighted by Gasteiger charge is 2.13. The van der Waals surface area contributed by atoms with Crippen LogP contribution in [0.4, 0.5) is 0 Å². The number of nitrogens with one attached hydrogen (secondary N) is 1. The summed E-state index contributed by atoms with van der Waals surface area (Å²) in [6.45, 7) is 4.81. The van der Waals surface area contributed by atoms with E-state index in [1.54, 1.807) is 13.3 Å². The normalized spacial score (nSPS) is 17.4. The van der Waals surface area contributed by atoms with Gasteiger partial charge in [-0.2, -0.15) is 4.98 Å². The lowest BCUT2D eigenvalue weighted by molar-refractivity contribution is 0.229. The molecule has 2 rings (SSSR count). The zero-order valence-corrected chi connectivity index (χ0v) is 10.00. The van der Waals surface area contributed by atoms with Crippen molar-refractivity contribution in [2.45, 2.75) is 6.54 Å². The van der Waals surface area contributed by atoms with E-state index in [1.807, 2.05) is 0 Å². The molecule has 0 radical (unpaired) electrons. The Labute approximate surface area is 99.8 Å². The maximum Gasteiger partial charge on any atom is 0.316 e. The molecule has 0 aliphatic carbocycles. The van der Waals surface area contributed by atoms with Gasteiger partial charge in [0, 0.05) is 32.7 Å². The zero-order chi connectivity index (χ0) is 11.4. The van der Waals surface area contributed by atoms with E-state index in [-0.39, 0.29) is 0 Å². The molecule has 1 N–H and O–H groups in total. The van der Waals surface area contributed by atoms with Gasteiger partial charge in [0.2, 0.25) is 0 Å². The van der Waals surface area contributed by atoms with Crippen molar-refractivity contribution >= 4 is 11.6 Å². The lowest BCUT2D eigenvalue weighted by Crippen LogP contribution is -2.43. The minimum atomic E-state index is 0.370. The molecule has 16 heavy (non-hydrogen) atoms. The van der Waals surface area contributed by atoms with Gasteiger partial charge in [-0.1, -0.05) is 11.6 Å². The number of halogens is 1. The number of hydrogen-bond acceptors (Lipinski definition) is 5. The van der Waals surface area contributed by atoms with E-state index >= 15 is 0 Å². The molecule has 1 fully saturated rings. The second-order valence-electron chi connectivity index (χ2n) is 3.68. The zero-order valence-electron chi connectivity index (χ0n) is 9.24. The highest BCUT2D eigenvalue weighted by atomic mass is 35.5. The fourth-order valence-electron chi connectivity index (χ4n) is 1.67. The number of hydrogen-bond donors (Lipinski definition) is 1. The average Bonchev–Trinajstić information content (AvgIpc) is 2.33. The summed E-state index contributed by atoms with van der Waals surface area (Å²) in [7, 11) is 1.55. The Kier molecular flexibility index (Phi) is 3.93. The van der Waals surface area contributed by atoms with Gasteiger partial charge >= 0.3 is 6.01 Å². The van der Waals surface area contributed by atoms with Crippen LogP contribution in [0.5, 0.6) is 6.01 Å². The first-order valence-corrected chi connectivity index (χ1v) is 5.66. The third kappa shape index (κ3) is 2.81. The molecule has 0 spiro atoms. The average molecular weight is 243 g/mol. The predicted octanol–water partition coefficient (Wildman–Crippen LogP) is 0.544. The second kappa shape index (κ2) is 5.43. The molecule has 1 aromatic rings. The van der Waals surface area contributed by atoms with Gasteiger partial charge in [0.05, 0.1) is 24.0 Å². The van der Waals surface area contributed by atoms with Gasteiger partial charge in [-0.25, -0.2) is 4.98 Å². The van der Waals surface area contributed by atoms with Crippen LogP contribution in [-0.4, -0.2) is 48.2 Å². The van der Waals surface area contributed by atoms with Crippen LogP contribution in [0, 0.1) is 0 Å². The molecule has 0 bridgehead atoms. The van der Waals surface area contributed by atoms with Gasteiger partial charge < -0.3 is 10.1 Å². The van der Waals surface area contributed by atoms with Crippen LogP contribution in [0.2, 0.25) is 5.02 Å². The molecule has 1 saturated heterocycles. The predicted molar refractivity (Wildman–Crippen MR) is 61.7 cm³/mol. The minimum absolute atomic E-state index is 0.370. The molecule has 1 aliphatic rings. The monoisotopic (exact) mass is 242 g/mol. The number of methoxy groups -OCH3 is 1. The molecular formula is C10H15ClN4O. The number of aromatic nitrogens is 2. The van der Waals surface area contributed by atoms with Gasteiger partial charge in [-0.3, -0.25) is 4.90 Å². The molecule has 6 heteroatoms. The van der Waals surface area contributed by atoms with E-state index in [9.17, 15) is 0 Å². The molecular weight excluding hydrogens is 228 g/mol. The van der Waals surface area contributed by atoms with Crippen molar-refractivity contribution in [2.24, 2.45) is 0 Å². The highest BCUT2D eigenvalue weighted by molar-refractivity contribution is 6.31. The minimum Gasteiger partial charge on any atom is -0.467 e. The lowest BCUT2D eigenvalue weighted by atomic mass is 10.3. The van der Waals surface area contributed by atoms with Gasteiger partial charge in [0.15, 0.2) is 0 Å². The molecule has 0 amide bonds. The lowest BCUT2D eigenvalue weighted by Gasteiger charge is -2.26. The molecule has 0 saturated carbocycles. The largest absolute Gasteiger partial charge is 0.467 e. The summed E-state index contributed by atoms with van der Waals surface area (Å²) in [5, 5.41) is 3.90. The smallest absolute Gasteiger partial charge is 0.316 e. The quantitative estimate of drug-likeness (QED) is 0.839. The Morgan fingerprint density at radius 1 is 1.50 bits per heavy atom. The SMILES string of the molecule is COc1ncc(Cl)c(CN2CCNCC2)n1. The van der Waals surface area contributed by atoms with E-state index in [0.29, 0.717) is 11.0 Å². The van der Waals surface area contributed by atoms with Crippen molar-refractivity contribution in [1.82, 2.24) is 20.2 Å². The molecule has 1 aromatic heterocycles. The summed E-state index contributed by atoms with van der Waals surface area (Å²) in [4.78, 5) is 10.5. The topological polar surface area (TPSA) is 50.3 Å². The van der Waals surface area contributed by atoms with Crippen LogP contribution in [0.25, 0.3) is 0 Å². The standard InChI is InChI=1S/C10H15ClN4O/c1-16-10-13-6-8(11)9(14-10)7-15-4-2-12-3-5-15/h6,12H,2-5,7H2,1H3. The van der Waals surface area contributed by atoms with Crippen LogP contribution < -0.4 is 10.1 Å². The van der Waals surface area contributed by atoms with Crippen LogP contribution in [0.1, 0.15) is 5.69 Å². The van der Waals surface area contributed by atoms with Crippen LogP contribution in [0.3, 0.4) is 0 Å². The molecule has 1 aliphatic heterocycles. The first kappa shape index (κ1) is 11.6. The summed E-state index contributed by atoms with van der Waals surface area (Å²) in [5.74, 6) is 0. The van der Waals surface area contributed by atoms with E-state index in [4.69, 9.17) is 16.3 Å². The van der Waals surface area contributed by atoms with Crippen LogP contribution in [-0.2, 0) is 6.54 Å². The summed E-state index contributed by atoms with van der Waals surface area (Å²) in [6, 6.07) is 0.370. The third-order valence-electron chi connectivity index (χ3n) is 2.56. The fourth-order valence-corrected chi connectivity index (χ4v) is 1.83. The maximum absolute atomic E-state index is 6.05. The van der Waals surface area contributed by atoms with Gasteiger partial charge in [0.1, 0.15) is 0 Å². The van der Waals surface area contributed by atoms with Crippen molar-refractivity contribution < 1.29 is 4.74 Å². The molecule has 88 valence electrons. The highest BCUT2D eigenvalue weighted by Crippen LogP contribution is 2.17. The first-order chi connectivity index (χ1) is 7.79. The van der Waals surface area contributed by atoms with Gasteiger partial charge in [0.25, 0.3) is 0 Å². The Morgan fingerprint density at radius 2 is 2.25 bits per heavy atom. The van der Waals surface area contributed by atoms with E-state index in [2.05, 4.69) is 20.2 Å². The number of ether oxygens (including phenoxy) is 1. The Balaban J connectivity index is 2.06. The Hall–Kier alpha value is -0.910. The van der Waals surface area contributed by atoms with Gasteiger partial charge in [-0.15, -0.1) is 0 Å². The molecule has 0 aromatic carbocycles. The van der Waals surface area contributed by atoms with E-state index in [1.165, 1.54) is 0 Å². The fraction of sp³-hybridized carbons (Fsp3) is 0.600. The van der Waals surface area contributed by atoms with Crippen molar-refractivity contribution in [3.05, 3.63) is 16.9 Å². The summed E-state index contributed by atoms with van der Waals surface area (Å²) >= 11 is 6.05. The van der Waals surface area contributed by atoms with Crippen LogP contribution >= 0.6 is 11.6 Å². The number of nitrogens with zero attached hydrogens (tertiary/aromatic N) is 3. The van der Waals surface area contributed by atoms with E-state index in [0.717, 1.165) is 38.4 Å². The molecule has 0 atom stereocenters. The van der Waals surface area contributed by atoms with Crippen molar-refractivity contribution in [3.8, 4) is 6.01 Å². The third-order valence-corrected chi connectivity index (χ3v) is 2.88. The van der Waals surface area contributed by atoms with Crippen molar-refractivity contribution in [2.75, 3.05) is 33.3 Å². The van der Waals surface area contributed by atoms with E-state index < -0.39 is 0 Å². The first-order valence-electron chi connectivity index (χ1n) is 5.28. The van der Waals surface area contributed by atoms with Crippen molar-refractivity contribution in [1.29, 1.82) is 0 Å². The molecule has 5 nitrogen and oxygen atoms in total. The summed E-state index contributed by atoms with van der Waals surface area (Å²) in [6.07, 6.45) is 1.59. The number of rotatable bonds is 3. The Bertz CT molecular complexity index is 355. The maximum atomic E-state index is 6.05. The second-order valence-corrected chi connectivity index (χ2v) is 4.08. The molecule has 2 heterocycles. The molecule has 0 unspecified atom stereocenters. The summed E-state index contributed by atoms with van der Waals surface area (Å²) in [5.41, 5.74) is 0.829. The number of piperazine rings is 1. The van der Waals surface area contributed by atoms with Crippen molar-refractivity contribution in [3.63, 3.8) is 0 Å². The van der Waals surface area contributed by atoms with Gasteiger partial charge in [-0.05, 0) is 0 Å². The summed E-state index contributed by atoms with van der Waals surface area (Å²) < 4.78 is 4.99. The Morgan fingerprint density at radius 3 is 2.94 bits per heavy atom. The van der Waals surface area contributed by atoms with Crippen LogP contribution in [0.15, 0.2) is 6.20 Å².